The van der Waals surface area contributed by atoms with Crippen molar-refractivity contribution in [2.75, 3.05) is 5.32 Å². The van der Waals surface area contributed by atoms with Gasteiger partial charge in [-0.25, -0.2) is 4.98 Å². The van der Waals surface area contributed by atoms with Crippen LogP contribution in [0.15, 0.2) is 57.7 Å². The molecule has 0 spiro atoms. The highest BCUT2D eigenvalue weighted by Gasteiger charge is 2.24. The van der Waals surface area contributed by atoms with Crippen molar-refractivity contribution < 1.29 is 18.5 Å². The zero-order valence-corrected chi connectivity index (χ0v) is 16.1. The van der Waals surface area contributed by atoms with Crippen molar-refractivity contribution >= 4 is 28.6 Å². The molecule has 30 heavy (non-hydrogen) atoms. The molecular weight excluding hydrogens is 384 g/mol. The molecule has 1 aliphatic rings. The number of fused-ring (bicyclic) bond motifs is 1. The van der Waals surface area contributed by atoms with Crippen molar-refractivity contribution in [3.8, 4) is 11.5 Å². The molecule has 0 radical (unpaired) electrons. The fourth-order valence-corrected chi connectivity index (χ4v) is 3.26. The number of aromatic nitrogens is 2. The Morgan fingerprint density at radius 3 is 2.73 bits per heavy atom. The third kappa shape index (κ3) is 3.43. The zero-order chi connectivity index (χ0) is 20.7. The number of amides is 2. The van der Waals surface area contributed by atoms with Gasteiger partial charge >= 0.3 is 0 Å². The van der Waals surface area contributed by atoms with E-state index in [0.717, 1.165) is 12.8 Å². The van der Waals surface area contributed by atoms with E-state index < -0.39 is 0 Å². The summed E-state index contributed by atoms with van der Waals surface area (Å²) in [5, 5.41) is 10.3. The molecule has 0 bridgehead atoms. The van der Waals surface area contributed by atoms with Crippen LogP contribution < -0.4 is 10.6 Å². The van der Waals surface area contributed by atoms with E-state index in [-0.39, 0.29) is 23.6 Å². The third-order valence-corrected chi connectivity index (χ3v) is 4.93. The Balaban J connectivity index is 1.47. The molecule has 2 N–H and O–H groups in total. The number of nitrogens with zero attached hydrogens (tertiary/aromatic N) is 2. The first-order valence-electron chi connectivity index (χ1n) is 9.61. The Morgan fingerprint density at radius 1 is 1.10 bits per heavy atom. The molecule has 8 nitrogen and oxygen atoms in total. The van der Waals surface area contributed by atoms with Gasteiger partial charge in [-0.1, -0.05) is 11.2 Å². The van der Waals surface area contributed by atoms with Crippen LogP contribution in [-0.2, 0) is 0 Å². The highest BCUT2D eigenvalue weighted by molar-refractivity contribution is 6.13. The lowest BCUT2D eigenvalue weighted by Gasteiger charge is -2.09. The standard InChI is InChI=1S/C22H18N4O4/c1-12-19-16(11-17(18-6-3-9-29-18)25-22(19)30-26-12)21(28)24-15-5-2-4-13(10-15)20(27)23-14-7-8-14/h2-6,9-11,14H,7-8H2,1H3,(H,23,27)(H,24,28). The summed E-state index contributed by atoms with van der Waals surface area (Å²) in [5.74, 6) is 0.00916. The van der Waals surface area contributed by atoms with Gasteiger partial charge in [0.1, 0.15) is 5.69 Å². The van der Waals surface area contributed by atoms with Gasteiger partial charge in [0.25, 0.3) is 17.5 Å². The second-order valence-electron chi connectivity index (χ2n) is 7.26. The van der Waals surface area contributed by atoms with Crippen LogP contribution in [-0.4, -0.2) is 28.0 Å². The lowest BCUT2D eigenvalue weighted by Crippen LogP contribution is -2.25. The molecule has 0 unspecified atom stereocenters. The highest BCUT2D eigenvalue weighted by Crippen LogP contribution is 2.28. The normalized spacial score (nSPS) is 13.4. The molecule has 8 heteroatoms. The van der Waals surface area contributed by atoms with Crippen LogP contribution in [0.3, 0.4) is 0 Å². The van der Waals surface area contributed by atoms with Crippen LogP contribution in [0.1, 0.15) is 39.3 Å². The van der Waals surface area contributed by atoms with E-state index in [1.54, 1.807) is 49.4 Å². The summed E-state index contributed by atoms with van der Waals surface area (Å²) in [6, 6.07) is 12.2. The number of pyridine rings is 1. The molecule has 1 aromatic carbocycles. The van der Waals surface area contributed by atoms with Gasteiger partial charge < -0.3 is 19.6 Å². The van der Waals surface area contributed by atoms with Gasteiger partial charge in [-0.05, 0) is 56.2 Å². The Morgan fingerprint density at radius 2 is 1.97 bits per heavy atom. The van der Waals surface area contributed by atoms with Crippen molar-refractivity contribution in [1.29, 1.82) is 0 Å². The van der Waals surface area contributed by atoms with Gasteiger partial charge in [0, 0.05) is 17.3 Å². The number of carbonyl (C=O) groups excluding carboxylic acids is 2. The minimum Gasteiger partial charge on any atom is -0.463 e. The molecule has 150 valence electrons. The van der Waals surface area contributed by atoms with E-state index in [0.29, 0.717) is 39.3 Å². The van der Waals surface area contributed by atoms with Crippen molar-refractivity contribution in [3.63, 3.8) is 0 Å². The SMILES string of the molecule is Cc1noc2nc(-c3ccco3)cc(C(=O)Nc3cccc(C(=O)NC4CC4)c3)c12. The summed E-state index contributed by atoms with van der Waals surface area (Å²) < 4.78 is 10.7. The third-order valence-electron chi connectivity index (χ3n) is 4.93. The lowest BCUT2D eigenvalue weighted by atomic mass is 10.1. The summed E-state index contributed by atoms with van der Waals surface area (Å²) in [4.78, 5) is 29.8. The van der Waals surface area contributed by atoms with Crippen molar-refractivity contribution in [2.45, 2.75) is 25.8 Å². The van der Waals surface area contributed by atoms with E-state index >= 15 is 0 Å². The highest BCUT2D eigenvalue weighted by atomic mass is 16.5. The van der Waals surface area contributed by atoms with E-state index in [2.05, 4.69) is 20.8 Å². The quantitative estimate of drug-likeness (QED) is 0.523. The predicted molar refractivity (Wildman–Crippen MR) is 109 cm³/mol. The molecule has 1 fully saturated rings. The first-order valence-corrected chi connectivity index (χ1v) is 9.61. The molecule has 3 heterocycles. The predicted octanol–water partition coefficient (Wildman–Crippen LogP) is 3.94. The molecule has 1 saturated carbocycles. The number of hydrogen-bond acceptors (Lipinski definition) is 6. The maximum Gasteiger partial charge on any atom is 0.259 e. The number of aryl methyl sites for hydroxylation is 1. The average Bonchev–Trinajstić information content (AvgIpc) is 3.24. The van der Waals surface area contributed by atoms with Crippen LogP contribution in [0.2, 0.25) is 0 Å². The second kappa shape index (κ2) is 7.14. The average molecular weight is 402 g/mol. The Hall–Kier alpha value is -3.94. The van der Waals surface area contributed by atoms with Crippen molar-refractivity contribution in [1.82, 2.24) is 15.5 Å². The van der Waals surface area contributed by atoms with Gasteiger partial charge in [-0.2, -0.15) is 0 Å². The summed E-state index contributed by atoms with van der Waals surface area (Å²) in [6.45, 7) is 1.75. The van der Waals surface area contributed by atoms with Gasteiger partial charge in [-0.15, -0.1) is 0 Å². The summed E-state index contributed by atoms with van der Waals surface area (Å²) in [5.41, 5.74) is 2.65. The summed E-state index contributed by atoms with van der Waals surface area (Å²) in [6.07, 6.45) is 3.55. The number of rotatable bonds is 5. The molecule has 1 aliphatic carbocycles. The Bertz CT molecular complexity index is 1260. The number of anilines is 1. The minimum atomic E-state index is -0.360. The smallest absolute Gasteiger partial charge is 0.259 e. The second-order valence-corrected chi connectivity index (χ2v) is 7.26. The van der Waals surface area contributed by atoms with Gasteiger partial charge in [0.2, 0.25) is 0 Å². The van der Waals surface area contributed by atoms with Crippen LogP contribution in [0.4, 0.5) is 5.69 Å². The summed E-state index contributed by atoms with van der Waals surface area (Å²) >= 11 is 0. The minimum absolute atomic E-state index is 0.144. The van der Waals surface area contributed by atoms with E-state index in [4.69, 9.17) is 8.94 Å². The molecule has 3 aromatic heterocycles. The van der Waals surface area contributed by atoms with Crippen LogP contribution in [0.25, 0.3) is 22.6 Å². The molecule has 2 amide bonds. The van der Waals surface area contributed by atoms with Crippen LogP contribution in [0.5, 0.6) is 0 Å². The van der Waals surface area contributed by atoms with E-state index in [1.807, 2.05) is 0 Å². The number of carbonyl (C=O) groups is 2. The molecule has 0 atom stereocenters. The fourth-order valence-electron chi connectivity index (χ4n) is 3.26. The molecule has 0 saturated heterocycles. The number of benzene rings is 1. The first-order chi connectivity index (χ1) is 14.6. The van der Waals surface area contributed by atoms with E-state index in [1.165, 1.54) is 6.26 Å². The van der Waals surface area contributed by atoms with Crippen LogP contribution in [0, 0.1) is 6.92 Å². The maximum atomic E-state index is 13.1. The zero-order valence-electron chi connectivity index (χ0n) is 16.1. The number of furan rings is 1. The molecular formula is C22H18N4O4. The van der Waals surface area contributed by atoms with Gasteiger partial charge in [-0.3, -0.25) is 9.59 Å². The first kappa shape index (κ1) is 18.1. The topological polar surface area (TPSA) is 110 Å². The van der Waals surface area contributed by atoms with Crippen LogP contribution >= 0.6 is 0 Å². The molecule has 0 aliphatic heterocycles. The number of nitrogens with one attached hydrogen (secondary N) is 2. The molecule has 5 rings (SSSR count). The molecule has 4 aromatic rings. The Labute approximate surface area is 171 Å². The maximum absolute atomic E-state index is 13.1. The largest absolute Gasteiger partial charge is 0.463 e. The Kier molecular flexibility index (Phi) is 4.31. The van der Waals surface area contributed by atoms with Gasteiger partial charge in [0.15, 0.2) is 5.76 Å². The summed E-state index contributed by atoms with van der Waals surface area (Å²) in [7, 11) is 0. The van der Waals surface area contributed by atoms with Gasteiger partial charge in [0.05, 0.1) is 22.9 Å². The number of hydrogen-bond donors (Lipinski definition) is 2. The van der Waals surface area contributed by atoms with E-state index in [9.17, 15) is 9.59 Å². The fraction of sp³-hybridized carbons (Fsp3) is 0.182. The van der Waals surface area contributed by atoms with Crippen molar-refractivity contribution in [3.05, 3.63) is 65.5 Å². The van der Waals surface area contributed by atoms with Crippen molar-refractivity contribution in [2.24, 2.45) is 0 Å². The lowest BCUT2D eigenvalue weighted by molar-refractivity contribution is 0.0949. The monoisotopic (exact) mass is 402 g/mol.